The molecule has 1 nitrogen and oxygen atoms in total. The Morgan fingerprint density at radius 3 is 2.43 bits per heavy atom. The molecule has 0 amide bonds. The van der Waals surface area contributed by atoms with Gasteiger partial charge in [0.1, 0.15) is 0 Å². The van der Waals surface area contributed by atoms with E-state index < -0.39 is 0 Å². The third kappa shape index (κ3) is 1.86. The van der Waals surface area contributed by atoms with Gasteiger partial charge in [-0.3, -0.25) is 0 Å². The van der Waals surface area contributed by atoms with Crippen molar-refractivity contribution in [1.29, 1.82) is 0 Å². The second-order valence-electron chi connectivity index (χ2n) is 1.37. The molecule has 2 heteroatoms. The highest BCUT2D eigenvalue weighted by atomic mass is 31.0. The second-order valence-corrected chi connectivity index (χ2v) is 2.12. The molecule has 0 heterocycles. The average Bonchev–Trinajstić information content (AvgIpc) is 1.86. The standard InChI is InChI=1S/C5H7P.H2O/c6-5-3-1-2-4-5;/h1-3H,4,6H2;1H2. The van der Waals surface area contributed by atoms with E-state index in [0.717, 1.165) is 6.42 Å². The molecular weight excluding hydrogens is 107 g/mol. The van der Waals surface area contributed by atoms with Crippen LogP contribution in [0.25, 0.3) is 0 Å². The summed E-state index contributed by atoms with van der Waals surface area (Å²) in [4.78, 5) is 0. The predicted octanol–water partition coefficient (Wildman–Crippen LogP) is 0.881. The summed E-state index contributed by atoms with van der Waals surface area (Å²) < 4.78 is 0. The van der Waals surface area contributed by atoms with Crippen LogP contribution in [0.1, 0.15) is 6.42 Å². The first-order chi connectivity index (χ1) is 2.89. The third-order valence-electron chi connectivity index (χ3n) is 0.800. The molecule has 0 saturated heterocycles. The van der Waals surface area contributed by atoms with Crippen LogP contribution in [0.3, 0.4) is 0 Å². The van der Waals surface area contributed by atoms with Gasteiger partial charge < -0.3 is 5.48 Å². The molecule has 0 aromatic heterocycles. The number of hydrogen-bond donors (Lipinski definition) is 0. The van der Waals surface area contributed by atoms with E-state index in [9.17, 15) is 0 Å². The summed E-state index contributed by atoms with van der Waals surface area (Å²) in [5.41, 5.74) is 0. The van der Waals surface area contributed by atoms with Gasteiger partial charge in [-0.15, -0.1) is 9.24 Å². The highest BCUT2D eigenvalue weighted by molar-refractivity contribution is 7.22. The van der Waals surface area contributed by atoms with Gasteiger partial charge in [0.2, 0.25) is 0 Å². The minimum absolute atomic E-state index is 0. The highest BCUT2D eigenvalue weighted by Gasteiger charge is 1.86. The maximum Gasteiger partial charge on any atom is -0.00951 e. The molecule has 1 unspecified atom stereocenters. The van der Waals surface area contributed by atoms with Crippen LogP contribution < -0.4 is 0 Å². The van der Waals surface area contributed by atoms with Crippen molar-refractivity contribution in [3.8, 4) is 0 Å². The Labute approximate surface area is 45.6 Å². The quantitative estimate of drug-likeness (QED) is 0.421. The Hall–Kier alpha value is -0.130. The molecule has 1 aliphatic carbocycles. The molecule has 1 rings (SSSR count). The molecule has 1 atom stereocenters. The van der Waals surface area contributed by atoms with E-state index in [4.69, 9.17) is 0 Å². The van der Waals surface area contributed by atoms with Crippen molar-refractivity contribution in [2.45, 2.75) is 6.42 Å². The fourth-order valence-corrected chi connectivity index (χ4v) is 0.711. The second kappa shape index (κ2) is 2.95. The normalized spacial score (nSPS) is 15.9. The minimum atomic E-state index is 0. The smallest absolute Gasteiger partial charge is 0.00951 e. The van der Waals surface area contributed by atoms with Crippen molar-refractivity contribution < 1.29 is 5.48 Å². The van der Waals surface area contributed by atoms with E-state index in [2.05, 4.69) is 27.5 Å². The first-order valence-corrected chi connectivity index (χ1v) is 2.58. The zero-order valence-electron chi connectivity index (χ0n) is 4.02. The van der Waals surface area contributed by atoms with E-state index in [1.54, 1.807) is 0 Å². The molecular formula is C5H9OP. The molecule has 2 N–H and O–H groups in total. The fourth-order valence-electron chi connectivity index (χ4n) is 0.464. The minimum Gasteiger partial charge on any atom is -0.412 e. The van der Waals surface area contributed by atoms with Gasteiger partial charge in [-0.05, 0) is 11.7 Å². The van der Waals surface area contributed by atoms with Gasteiger partial charge in [0.15, 0.2) is 0 Å². The van der Waals surface area contributed by atoms with Crippen LogP contribution in [0.2, 0.25) is 0 Å². The Bertz CT molecular complexity index is 105. The van der Waals surface area contributed by atoms with E-state index in [1.807, 2.05) is 0 Å². The highest BCUT2D eigenvalue weighted by Crippen LogP contribution is 2.15. The van der Waals surface area contributed by atoms with Gasteiger partial charge >= 0.3 is 0 Å². The van der Waals surface area contributed by atoms with Crippen molar-refractivity contribution in [1.82, 2.24) is 0 Å². The molecule has 7 heavy (non-hydrogen) atoms. The molecule has 0 aromatic carbocycles. The zero-order chi connectivity index (χ0) is 4.41. The van der Waals surface area contributed by atoms with Crippen LogP contribution in [0.5, 0.6) is 0 Å². The van der Waals surface area contributed by atoms with Crippen LogP contribution in [0.4, 0.5) is 0 Å². The number of allylic oxidation sites excluding steroid dienone is 4. The largest absolute Gasteiger partial charge is 0.412 e. The Morgan fingerprint density at radius 2 is 2.29 bits per heavy atom. The van der Waals surface area contributed by atoms with E-state index >= 15 is 0 Å². The van der Waals surface area contributed by atoms with Crippen LogP contribution in [0, 0.1) is 0 Å². The lowest BCUT2D eigenvalue weighted by atomic mass is 10.5. The Morgan fingerprint density at radius 1 is 1.57 bits per heavy atom. The van der Waals surface area contributed by atoms with Gasteiger partial charge in [0.25, 0.3) is 0 Å². The molecule has 0 saturated carbocycles. The first kappa shape index (κ1) is 6.87. The Kier molecular flexibility index (Phi) is 2.89. The van der Waals surface area contributed by atoms with Gasteiger partial charge in [0.05, 0.1) is 0 Å². The average molecular weight is 116 g/mol. The first-order valence-electron chi connectivity index (χ1n) is 2.01. The fraction of sp³-hybridized carbons (Fsp3) is 0.200. The maximum absolute atomic E-state index is 2.67. The van der Waals surface area contributed by atoms with Gasteiger partial charge in [-0.2, -0.15) is 0 Å². The molecule has 0 aliphatic heterocycles. The summed E-state index contributed by atoms with van der Waals surface area (Å²) in [6.07, 6.45) is 7.44. The van der Waals surface area contributed by atoms with Crippen LogP contribution in [-0.2, 0) is 0 Å². The van der Waals surface area contributed by atoms with Crippen molar-refractivity contribution >= 4 is 9.24 Å². The number of hydrogen-bond acceptors (Lipinski definition) is 0. The summed E-state index contributed by atoms with van der Waals surface area (Å²) in [7, 11) is 2.67. The molecule has 0 aromatic rings. The van der Waals surface area contributed by atoms with Crippen LogP contribution in [-0.4, -0.2) is 5.48 Å². The summed E-state index contributed by atoms with van der Waals surface area (Å²) in [6, 6.07) is 0. The molecule has 0 spiro atoms. The van der Waals surface area contributed by atoms with Crippen molar-refractivity contribution in [2.75, 3.05) is 0 Å². The number of rotatable bonds is 0. The molecule has 0 radical (unpaired) electrons. The van der Waals surface area contributed by atoms with Crippen molar-refractivity contribution in [3.05, 3.63) is 23.5 Å². The molecule has 0 fully saturated rings. The van der Waals surface area contributed by atoms with Gasteiger partial charge in [-0.25, -0.2) is 0 Å². The predicted molar refractivity (Wildman–Crippen MR) is 35.2 cm³/mol. The lowest BCUT2D eigenvalue weighted by Gasteiger charge is -1.78. The van der Waals surface area contributed by atoms with Crippen molar-refractivity contribution in [3.63, 3.8) is 0 Å². The van der Waals surface area contributed by atoms with E-state index in [1.165, 1.54) is 5.31 Å². The topological polar surface area (TPSA) is 31.5 Å². The van der Waals surface area contributed by atoms with Crippen LogP contribution in [0.15, 0.2) is 23.5 Å². The molecule has 0 bridgehead atoms. The molecule has 40 valence electrons. The molecule has 1 aliphatic rings. The van der Waals surface area contributed by atoms with Crippen LogP contribution >= 0.6 is 9.24 Å². The summed E-state index contributed by atoms with van der Waals surface area (Å²) in [5.74, 6) is 0. The maximum atomic E-state index is 2.67. The SMILES string of the molecule is O.PC1=CC=CC1. The van der Waals surface area contributed by atoms with Gasteiger partial charge in [0, 0.05) is 0 Å². The summed E-state index contributed by atoms with van der Waals surface area (Å²) in [6.45, 7) is 0. The summed E-state index contributed by atoms with van der Waals surface area (Å²) in [5, 5.41) is 1.38. The Balaban J connectivity index is 0.000000360. The lowest BCUT2D eigenvalue weighted by Crippen LogP contribution is -1.51. The van der Waals surface area contributed by atoms with Gasteiger partial charge in [-0.1, -0.05) is 18.2 Å². The van der Waals surface area contributed by atoms with Crippen molar-refractivity contribution in [2.24, 2.45) is 0 Å². The summed E-state index contributed by atoms with van der Waals surface area (Å²) >= 11 is 0. The zero-order valence-corrected chi connectivity index (χ0v) is 5.17. The monoisotopic (exact) mass is 116 g/mol. The van der Waals surface area contributed by atoms with E-state index in [0.29, 0.717) is 0 Å². The lowest BCUT2D eigenvalue weighted by molar-refractivity contribution is 0.824. The van der Waals surface area contributed by atoms with E-state index in [-0.39, 0.29) is 5.48 Å². The third-order valence-corrected chi connectivity index (χ3v) is 1.23.